The van der Waals surface area contributed by atoms with Gasteiger partial charge in [0, 0.05) is 10.2 Å². The zero-order valence-corrected chi connectivity index (χ0v) is 14.7. The van der Waals surface area contributed by atoms with Crippen molar-refractivity contribution < 1.29 is 9.59 Å². The number of hydrogen-bond donors (Lipinski definition) is 2. The minimum absolute atomic E-state index is 0.551. The number of hydrazone groups is 1. The van der Waals surface area contributed by atoms with Crippen molar-refractivity contribution in [2.24, 2.45) is 5.10 Å². The number of carbonyl (C=O) groups excluding carboxylic acids is 2. The zero-order valence-electron chi connectivity index (χ0n) is 13.1. The number of amides is 2. The Morgan fingerprint density at radius 3 is 2.48 bits per heavy atom. The third-order valence-electron chi connectivity index (χ3n) is 3.44. The van der Waals surface area contributed by atoms with Crippen LogP contribution >= 0.6 is 15.9 Å². The normalized spacial score (nSPS) is 10.8. The summed E-state index contributed by atoms with van der Waals surface area (Å²) in [6.45, 7) is 0. The lowest BCUT2D eigenvalue weighted by atomic mass is 10.1. The molecule has 3 aromatic carbocycles. The Morgan fingerprint density at radius 1 is 0.880 bits per heavy atom. The summed E-state index contributed by atoms with van der Waals surface area (Å²) in [6.07, 6.45) is 1.46. The predicted octanol–water partition coefficient (Wildman–Crippen LogP) is 3.69. The molecule has 0 heterocycles. The topological polar surface area (TPSA) is 70.6 Å². The molecule has 0 aliphatic carbocycles. The molecule has 0 unspecified atom stereocenters. The first-order chi connectivity index (χ1) is 12.1. The van der Waals surface area contributed by atoms with Crippen LogP contribution in [-0.4, -0.2) is 18.0 Å². The highest BCUT2D eigenvalue weighted by Crippen LogP contribution is 2.18. The first kappa shape index (κ1) is 16.9. The van der Waals surface area contributed by atoms with E-state index in [0.717, 1.165) is 20.8 Å². The Bertz CT molecular complexity index is 970. The summed E-state index contributed by atoms with van der Waals surface area (Å²) in [4.78, 5) is 23.8. The molecule has 0 aliphatic heterocycles. The summed E-state index contributed by atoms with van der Waals surface area (Å²) in [7, 11) is 0. The number of nitrogens with one attached hydrogen (secondary N) is 2. The van der Waals surface area contributed by atoms with Gasteiger partial charge >= 0.3 is 11.8 Å². The van der Waals surface area contributed by atoms with Gasteiger partial charge in [-0.3, -0.25) is 9.59 Å². The molecule has 0 saturated carbocycles. The summed E-state index contributed by atoms with van der Waals surface area (Å²) in [5, 5.41) is 8.39. The first-order valence-electron chi connectivity index (χ1n) is 7.50. The average Bonchev–Trinajstić information content (AvgIpc) is 2.61. The van der Waals surface area contributed by atoms with E-state index in [1.54, 1.807) is 6.07 Å². The van der Waals surface area contributed by atoms with Crippen LogP contribution in [0.5, 0.6) is 0 Å². The highest BCUT2D eigenvalue weighted by molar-refractivity contribution is 9.10. The van der Waals surface area contributed by atoms with E-state index in [1.165, 1.54) is 6.21 Å². The fraction of sp³-hybridized carbons (Fsp3) is 0. The lowest BCUT2D eigenvalue weighted by Crippen LogP contribution is -2.32. The number of carbonyl (C=O) groups is 2. The molecule has 0 radical (unpaired) electrons. The molecule has 5 nitrogen and oxygen atoms in total. The van der Waals surface area contributed by atoms with E-state index < -0.39 is 11.8 Å². The molecule has 0 aliphatic rings. The lowest BCUT2D eigenvalue weighted by Gasteiger charge is -2.05. The van der Waals surface area contributed by atoms with Crippen molar-refractivity contribution in [3.05, 3.63) is 76.8 Å². The molecule has 3 aromatic rings. The second-order valence-electron chi connectivity index (χ2n) is 5.27. The molecule has 2 amide bonds. The van der Waals surface area contributed by atoms with Crippen LogP contribution < -0.4 is 10.7 Å². The molecule has 0 aromatic heterocycles. The molecule has 2 N–H and O–H groups in total. The van der Waals surface area contributed by atoms with Crippen molar-refractivity contribution in [1.82, 2.24) is 5.43 Å². The van der Waals surface area contributed by atoms with Crippen molar-refractivity contribution >= 4 is 50.4 Å². The van der Waals surface area contributed by atoms with E-state index in [0.29, 0.717) is 5.69 Å². The summed E-state index contributed by atoms with van der Waals surface area (Å²) >= 11 is 3.35. The third-order valence-corrected chi connectivity index (χ3v) is 3.94. The van der Waals surface area contributed by atoms with Crippen LogP contribution in [0.4, 0.5) is 5.69 Å². The van der Waals surface area contributed by atoms with Gasteiger partial charge in [0.1, 0.15) is 0 Å². The van der Waals surface area contributed by atoms with Gasteiger partial charge in [0.25, 0.3) is 0 Å². The van der Waals surface area contributed by atoms with Gasteiger partial charge < -0.3 is 5.32 Å². The standard InChI is InChI=1S/C19H14BrN3O2/c20-16-7-3-4-13(10-16)12-21-23-19(25)18(24)22-17-9-8-14-5-1-2-6-15(14)11-17/h1-12H,(H,22,24)(H,23,25)/b21-12+. The van der Waals surface area contributed by atoms with Gasteiger partial charge in [0.15, 0.2) is 0 Å². The SMILES string of the molecule is O=C(N/N=C/c1cccc(Br)c1)C(=O)Nc1ccc2ccccc2c1. The van der Waals surface area contributed by atoms with Gasteiger partial charge in [-0.25, -0.2) is 5.43 Å². The van der Waals surface area contributed by atoms with E-state index in [9.17, 15) is 9.59 Å². The lowest BCUT2D eigenvalue weighted by molar-refractivity contribution is -0.136. The van der Waals surface area contributed by atoms with Gasteiger partial charge in [-0.05, 0) is 40.6 Å². The van der Waals surface area contributed by atoms with Crippen LogP contribution in [0, 0.1) is 0 Å². The Morgan fingerprint density at radius 2 is 1.68 bits per heavy atom. The Labute approximate surface area is 152 Å². The van der Waals surface area contributed by atoms with Gasteiger partial charge in [-0.2, -0.15) is 5.10 Å². The molecule has 0 saturated heterocycles. The fourth-order valence-corrected chi connectivity index (χ4v) is 2.67. The van der Waals surface area contributed by atoms with E-state index >= 15 is 0 Å². The van der Waals surface area contributed by atoms with Crippen molar-refractivity contribution in [3.63, 3.8) is 0 Å². The Hall–Kier alpha value is -2.99. The van der Waals surface area contributed by atoms with Crippen molar-refractivity contribution in [1.29, 1.82) is 0 Å². The first-order valence-corrected chi connectivity index (χ1v) is 8.30. The summed E-state index contributed by atoms with van der Waals surface area (Å²) < 4.78 is 0.900. The Kier molecular flexibility index (Phi) is 5.20. The number of halogens is 1. The van der Waals surface area contributed by atoms with Gasteiger partial charge in [-0.1, -0.05) is 58.4 Å². The maximum Gasteiger partial charge on any atom is 0.329 e. The number of rotatable bonds is 3. The second kappa shape index (κ2) is 7.72. The zero-order chi connectivity index (χ0) is 17.6. The highest BCUT2D eigenvalue weighted by Gasteiger charge is 2.12. The maximum absolute atomic E-state index is 11.9. The second-order valence-corrected chi connectivity index (χ2v) is 6.19. The number of benzene rings is 3. The van der Waals surface area contributed by atoms with Crippen LogP contribution in [0.3, 0.4) is 0 Å². The van der Waals surface area contributed by atoms with Gasteiger partial charge in [0.2, 0.25) is 0 Å². The number of nitrogens with zero attached hydrogens (tertiary/aromatic N) is 1. The van der Waals surface area contributed by atoms with E-state index in [2.05, 4.69) is 31.8 Å². The number of anilines is 1. The molecule has 25 heavy (non-hydrogen) atoms. The smallest absolute Gasteiger partial charge is 0.318 e. The maximum atomic E-state index is 11.9. The fourth-order valence-electron chi connectivity index (χ4n) is 2.26. The molecular formula is C19H14BrN3O2. The molecular weight excluding hydrogens is 382 g/mol. The van der Waals surface area contributed by atoms with Crippen LogP contribution in [0.15, 0.2) is 76.3 Å². The average molecular weight is 396 g/mol. The molecule has 0 atom stereocenters. The van der Waals surface area contributed by atoms with Gasteiger partial charge in [0.05, 0.1) is 6.21 Å². The Balaban J connectivity index is 1.61. The summed E-state index contributed by atoms with van der Waals surface area (Å²) in [6, 6.07) is 20.6. The minimum atomic E-state index is -0.834. The number of fused-ring (bicyclic) bond motifs is 1. The van der Waals surface area contributed by atoms with E-state index in [4.69, 9.17) is 0 Å². The number of hydrogen-bond acceptors (Lipinski definition) is 3. The third kappa shape index (κ3) is 4.51. The van der Waals surface area contributed by atoms with Crippen LogP contribution in [0.2, 0.25) is 0 Å². The monoisotopic (exact) mass is 395 g/mol. The molecule has 0 bridgehead atoms. The van der Waals surface area contributed by atoms with Crippen LogP contribution in [-0.2, 0) is 9.59 Å². The summed E-state index contributed by atoms with van der Waals surface area (Å²) in [5.41, 5.74) is 3.56. The van der Waals surface area contributed by atoms with E-state index in [1.807, 2.05) is 60.7 Å². The molecule has 124 valence electrons. The van der Waals surface area contributed by atoms with Crippen LogP contribution in [0.25, 0.3) is 10.8 Å². The molecule has 6 heteroatoms. The van der Waals surface area contributed by atoms with Crippen LogP contribution in [0.1, 0.15) is 5.56 Å². The van der Waals surface area contributed by atoms with Crippen molar-refractivity contribution in [2.75, 3.05) is 5.32 Å². The largest absolute Gasteiger partial charge is 0.329 e. The predicted molar refractivity (Wildman–Crippen MR) is 102 cm³/mol. The van der Waals surface area contributed by atoms with Crippen molar-refractivity contribution in [2.45, 2.75) is 0 Å². The van der Waals surface area contributed by atoms with Crippen molar-refractivity contribution in [3.8, 4) is 0 Å². The quantitative estimate of drug-likeness (QED) is 0.403. The summed E-state index contributed by atoms with van der Waals surface area (Å²) in [5.74, 6) is -1.61. The van der Waals surface area contributed by atoms with Gasteiger partial charge in [-0.15, -0.1) is 0 Å². The molecule has 3 rings (SSSR count). The molecule has 0 fully saturated rings. The highest BCUT2D eigenvalue weighted by atomic mass is 79.9. The van der Waals surface area contributed by atoms with E-state index in [-0.39, 0.29) is 0 Å². The molecule has 0 spiro atoms. The minimum Gasteiger partial charge on any atom is -0.318 e.